The number of aromatic nitrogens is 3. The molecule has 1 N–H and O–H groups in total. The number of halogens is 1. The molecule has 0 radical (unpaired) electrons. The molecule has 0 atom stereocenters. The zero-order chi connectivity index (χ0) is 16.8. The van der Waals surface area contributed by atoms with Gasteiger partial charge in [0.05, 0.1) is 19.3 Å². The molecule has 1 aromatic heterocycles. The second kappa shape index (κ2) is 8.08. The summed E-state index contributed by atoms with van der Waals surface area (Å²) < 4.78 is 11.0. The summed E-state index contributed by atoms with van der Waals surface area (Å²) in [4.78, 5) is 4.48. The Hall–Kier alpha value is -2.18. The fraction of sp³-hybridized carbons (Fsp3) is 0.176. The van der Waals surface area contributed by atoms with E-state index in [1.54, 1.807) is 25.3 Å². The number of thioether (sulfide) groups is 1. The molecule has 1 heterocycles. The molecule has 0 unspecified atom stereocenters. The molecule has 3 aromatic rings. The topological polar surface area (TPSA) is 60.0 Å². The molecule has 0 amide bonds. The maximum atomic E-state index is 6.05. The van der Waals surface area contributed by atoms with Crippen LogP contribution in [-0.2, 0) is 0 Å². The van der Waals surface area contributed by atoms with Crippen LogP contribution in [-0.4, -0.2) is 34.7 Å². The van der Waals surface area contributed by atoms with Crippen LogP contribution in [0.15, 0.2) is 53.7 Å². The second-order valence-corrected chi connectivity index (χ2v) is 6.32. The van der Waals surface area contributed by atoms with Crippen LogP contribution < -0.4 is 9.47 Å². The fourth-order valence-electron chi connectivity index (χ4n) is 2.11. The summed E-state index contributed by atoms with van der Waals surface area (Å²) >= 11 is 7.57. The molecule has 0 fully saturated rings. The van der Waals surface area contributed by atoms with E-state index in [-0.39, 0.29) is 0 Å². The van der Waals surface area contributed by atoms with Crippen LogP contribution in [0.5, 0.6) is 11.5 Å². The molecule has 0 spiro atoms. The van der Waals surface area contributed by atoms with Gasteiger partial charge in [0.25, 0.3) is 0 Å². The van der Waals surface area contributed by atoms with Crippen molar-refractivity contribution in [3.8, 4) is 22.9 Å². The Bertz CT molecular complexity index is 796. The Labute approximate surface area is 149 Å². The molecule has 7 heteroatoms. The van der Waals surface area contributed by atoms with E-state index in [1.807, 2.05) is 30.3 Å². The molecular formula is C17H16ClN3O2S. The number of rotatable bonds is 7. The van der Waals surface area contributed by atoms with Crippen LogP contribution in [0, 0.1) is 0 Å². The molecule has 124 valence electrons. The monoisotopic (exact) mass is 361 g/mol. The van der Waals surface area contributed by atoms with Crippen molar-refractivity contribution in [1.29, 1.82) is 0 Å². The van der Waals surface area contributed by atoms with Crippen molar-refractivity contribution in [3.63, 3.8) is 0 Å². The van der Waals surface area contributed by atoms with Gasteiger partial charge in [-0.2, -0.15) is 0 Å². The van der Waals surface area contributed by atoms with Crippen molar-refractivity contribution in [1.82, 2.24) is 15.2 Å². The number of nitrogens with one attached hydrogen (secondary N) is 1. The molecule has 0 aliphatic carbocycles. The van der Waals surface area contributed by atoms with Crippen molar-refractivity contribution < 1.29 is 9.47 Å². The lowest BCUT2D eigenvalue weighted by Gasteiger charge is -2.05. The summed E-state index contributed by atoms with van der Waals surface area (Å²) in [5.41, 5.74) is 0.782. The molecule has 0 saturated carbocycles. The van der Waals surface area contributed by atoms with Crippen molar-refractivity contribution >= 4 is 23.4 Å². The van der Waals surface area contributed by atoms with Crippen LogP contribution in [0.25, 0.3) is 11.4 Å². The summed E-state index contributed by atoms with van der Waals surface area (Å²) in [5.74, 6) is 2.93. The predicted octanol–water partition coefficient (Wildman–Crippen LogP) is 4.30. The number of methoxy groups -OCH3 is 1. The average molecular weight is 362 g/mol. The summed E-state index contributed by atoms with van der Waals surface area (Å²) in [7, 11) is 1.61. The highest BCUT2D eigenvalue weighted by Gasteiger charge is 2.12. The lowest BCUT2D eigenvalue weighted by Crippen LogP contribution is -2.00. The van der Waals surface area contributed by atoms with E-state index in [9.17, 15) is 0 Å². The summed E-state index contributed by atoms with van der Waals surface area (Å²) in [5, 5.41) is 8.41. The number of ether oxygens (including phenoxy) is 2. The molecule has 3 rings (SSSR count). The number of aromatic amines is 1. The Balaban J connectivity index is 1.59. The van der Waals surface area contributed by atoms with E-state index in [2.05, 4.69) is 15.2 Å². The van der Waals surface area contributed by atoms with Crippen LogP contribution in [0.4, 0.5) is 0 Å². The van der Waals surface area contributed by atoms with Crippen LogP contribution in [0.2, 0.25) is 5.02 Å². The first-order valence-electron chi connectivity index (χ1n) is 7.33. The summed E-state index contributed by atoms with van der Waals surface area (Å²) in [6.45, 7) is 0.582. The largest absolute Gasteiger partial charge is 0.496 e. The van der Waals surface area contributed by atoms with Gasteiger partial charge in [-0.1, -0.05) is 41.6 Å². The molecule has 5 nitrogen and oxygen atoms in total. The van der Waals surface area contributed by atoms with Crippen molar-refractivity contribution in [3.05, 3.63) is 53.6 Å². The zero-order valence-electron chi connectivity index (χ0n) is 13.0. The van der Waals surface area contributed by atoms with Gasteiger partial charge in [0.1, 0.15) is 11.5 Å². The number of para-hydroxylation sites is 1. The lowest BCUT2D eigenvalue weighted by molar-refractivity contribution is 0.344. The fourth-order valence-corrected chi connectivity index (χ4v) is 2.89. The molecule has 0 aliphatic heterocycles. The van der Waals surface area contributed by atoms with Crippen LogP contribution >= 0.6 is 23.4 Å². The van der Waals surface area contributed by atoms with Gasteiger partial charge in [-0.05, 0) is 30.3 Å². The van der Waals surface area contributed by atoms with E-state index in [0.717, 1.165) is 17.1 Å². The number of nitrogens with zero attached hydrogens (tertiary/aromatic N) is 2. The van der Waals surface area contributed by atoms with E-state index in [4.69, 9.17) is 21.1 Å². The van der Waals surface area contributed by atoms with Gasteiger partial charge in [-0.3, -0.25) is 5.10 Å². The third kappa shape index (κ3) is 4.21. The summed E-state index contributed by atoms with van der Waals surface area (Å²) in [6, 6.07) is 15.1. The minimum absolute atomic E-state index is 0.582. The van der Waals surface area contributed by atoms with Gasteiger partial charge < -0.3 is 9.47 Å². The van der Waals surface area contributed by atoms with Gasteiger partial charge in [0, 0.05) is 10.8 Å². The highest BCUT2D eigenvalue weighted by atomic mass is 35.5. The number of H-pyrrole nitrogens is 1. The molecule has 0 aliphatic rings. The molecule has 0 bridgehead atoms. The first kappa shape index (κ1) is 16.7. The minimum Gasteiger partial charge on any atom is -0.496 e. The Morgan fingerprint density at radius 2 is 2.00 bits per heavy atom. The molecule has 2 aromatic carbocycles. The Kier molecular flexibility index (Phi) is 5.61. The summed E-state index contributed by atoms with van der Waals surface area (Å²) in [6.07, 6.45) is 0. The molecular weight excluding hydrogens is 346 g/mol. The quantitative estimate of drug-likeness (QED) is 0.502. The van der Waals surface area contributed by atoms with Gasteiger partial charge in [-0.15, -0.1) is 5.10 Å². The van der Waals surface area contributed by atoms with Gasteiger partial charge in [0.2, 0.25) is 5.16 Å². The van der Waals surface area contributed by atoms with Gasteiger partial charge in [-0.25, -0.2) is 4.98 Å². The number of hydrogen-bond donors (Lipinski definition) is 1. The van der Waals surface area contributed by atoms with E-state index >= 15 is 0 Å². The normalized spacial score (nSPS) is 10.6. The first-order valence-corrected chi connectivity index (χ1v) is 8.69. The maximum absolute atomic E-state index is 6.05. The van der Waals surface area contributed by atoms with E-state index in [0.29, 0.717) is 28.4 Å². The lowest BCUT2D eigenvalue weighted by atomic mass is 10.2. The maximum Gasteiger partial charge on any atom is 0.208 e. The Morgan fingerprint density at radius 1 is 1.17 bits per heavy atom. The van der Waals surface area contributed by atoms with Crippen molar-refractivity contribution in [2.45, 2.75) is 5.16 Å². The molecule has 0 saturated heterocycles. The van der Waals surface area contributed by atoms with Crippen molar-refractivity contribution in [2.24, 2.45) is 0 Å². The highest BCUT2D eigenvalue weighted by molar-refractivity contribution is 7.99. The van der Waals surface area contributed by atoms with Crippen molar-refractivity contribution in [2.75, 3.05) is 19.5 Å². The first-order chi connectivity index (χ1) is 11.8. The second-order valence-electron chi connectivity index (χ2n) is 4.82. The highest BCUT2D eigenvalue weighted by Crippen LogP contribution is 2.31. The Morgan fingerprint density at radius 3 is 2.79 bits per heavy atom. The number of benzene rings is 2. The third-order valence-electron chi connectivity index (χ3n) is 3.21. The predicted molar refractivity (Wildman–Crippen MR) is 96.0 cm³/mol. The van der Waals surface area contributed by atoms with E-state index in [1.165, 1.54) is 11.8 Å². The molecule has 24 heavy (non-hydrogen) atoms. The third-order valence-corrected chi connectivity index (χ3v) is 4.25. The van der Waals surface area contributed by atoms with Gasteiger partial charge in [0.15, 0.2) is 5.82 Å². The number of hydrogen-bond acceptors (Lipinski definition) is 5. The average Bonchev–Trinajstić information content (AvgIpc) is 3.08. The van der Waals surface area contributed by atoms with Crippen LogP contribution in [0.3, 0.4) is 0 Å². The smallest absolute Gasteiger partial charge is 0.208 e. The SMILES string of the molecule is COc1ccc(Cl)cc1-c1nc(SCCOc2ccccc2)n[nH]1. The zero-order valence-corrected chi connectivity index (χ0v) is 14.6. The van der Waals surface area contributed by atoms with Gasteiger partial charge >= 0.3 is 0 Å². The van der Waals surface area contributed by atoms with Crippen LogP contribution in [0.1, 0.15) is 0 Å². The van der Waals surface area contributed by atoms with E-state index < -0.39 is 0 Å². The standard InChI is InChI=1S/C17H16ClN3O2S/c1-22-15-8-7-12(18)11-14(15)16-19-17(21-20-16)24-10-9-23-13-5-3-2-4-6-13/h2-8,11H,9-10H2,1H3,(H,19,20,21). The minimum atomic E-state index is 0.582.